The minimum absolute atomic E-state index is 0.0463. The van der Waals surface area contributed by atoms with Gasteiger partial charge in [-0.2, -0.15) is 0 Å². The van der Waals surface area contributed by atoms with Crippen LogP contribution in [0.15, 0.2) is 54.6 Å². The molecule has 4 bridgehead atoms. The zero-order chi connectivity index (χ0) is 25.3. The lowest BCUT2D eigenvalue weighted by atomic mass is 9.49. The van der Waals surface area contributed by atoms with Gasteiger partial charge < -0.3 is 9.84 Å². The van der Waals surface area contributed by atoms with Crippen LogP contribution < -0.4 is 0 Å². The smallest absolute Gasteiger partial charge is 0.309 e. The first-order valence-electron chi connectivity index (χ1n) is 14.5. The number of phenols is 1. The quantitative estimate of drug-likeness (QED) is 0.343. The Morgan fingerprint density at radius 1 is 0.889 bits per heavy atom. The van der Waals surface area contributed by atoms with Crippen molar-refractivity contribution in [1.82, 2.24) is 0 Å². The summed E-state index contributed by atoms with van der Waals surface area (Å²) in [6.45, 7) is 6.65. The lowest BCUT2D eigenvalue weighted by molar-refractivity contribution is -0.214. The molecule has 36 heavy (non-hydrogen) atoms. The zero-order valence-corrected chi connectivity index (χ0v) is 22.4. The molecule has 2 aromatic carbocycles. The lowest BCUT2D eigenvalue weighted by Gasteiger charge is -2.60. The van der Waals surface area contributed by atoms with E-state index in [9.17, 15) is 9.90 Å². The van der Waals surface area contributed by atoms with Gasteiger partial charge in [0.15, 0.2) is 0 Å². The summed E-state index contributed by atoms with van der Waals surface area (Å²) >= 11 is 0. The Morgan fingerprint density at radius 2 is 1.50 bits per heavy atom. The Hall–Kier alpha value is -2.29. The average molecular weight is 489 g/mol. The molecule has 3 nitrogen and oxygen atoms in total. The minimum atomic E-state index is -0.223. The Kier molecular flexibility index (Phi) is 7.47. The van der Waals surface area contributed by atoms with Crippen molar-refractivity contribution in [1.29, 1.82) is 0 Å². The van der Waals surface area contributed by atoms with E-state index in [0.717, 1.165) is 37.5 Å². The molecule has 6 rings (SSSR count). The number of esters is 1. The number of carbonyl (C=O) groups is 1. The maximum Gasteiger partial charge on any atom is 0.309 e. The predicted octanol–water partition coefficient (Wildman–Crippen LogP) is 8.23. The van der Waals surface area contributed by atoms with Gasteiger partial charge in [0.1, 0.15) is 11.4 Å². The number of ether oxygens (including phenoxy) is 1. The lowest BCUT2D eigenvalue weighted by Crippen LogP contribution is -2.59. The van der Waals surface area contributed by atoms with Crippen molar-refractivity contribution < 1.29 is 14.6 Å². The molecule has 4 aliphatic rings. The standard InChI is InChI=1S/C33H44O3/c1-4-25(32(35)36-33(5-2)29-17-23-16-24(19-29)20-30(33)18-23)21-28(27-9-7-6-8-10-27)15-22(3)26-11-13-31(34)14-12-26/h6-14,22-25,28-30,34H,4-5,15-21H2,1-3H3. The fourth-order valence-corrected chi connectivity index (χ4v) is 8.30. The Morgan fingerprint density at radius 3 is 2.06 bits per heavy atom. The number of phenolic OH excluding ortho intramolecular Hbond substituents is 1. The summed E-state index contributed by atoms with van der Waals surface area (Å²) in [4.78, 5) is 13.8. The molecule has 4 aliphatic carbocycles. The molecule has 0 amide bonds. The van der Waals surface area contributed by atoms with Crippen LogP contribution in [0.1, 0.15) is 102 Å². The van der Waals surface area contributed by atoms with Crippen molar-refractivity contribution >= 4 is 5.97 Å². The largest absolute Gasteiger partial charge is 0.508 e. The van der Waals surface area contributed by atoms with Crippen molar-refractivity contribution in [3.05, 3.63) is 65.7 Å². The predicted molar refractivity (Wildman–Crippen MR) is 145 cm³/mol. The van der Waals surface area contributed by atoms with Gasteiger partial charge in [-0.15, -0.1) is 0 Å². The molecule has 3 unspecified atom stereocenters. The van der Waals surface area contributed by atoms with Crippen LogP contribution in [0.3, 0.4) is 0 Å². The van der Waals surface area contributed by atoms with Gasteiger partial charge in [-0.05, 0) is 117 Å². The molecule has 0 aromatic heterocycles. The summed E-state index contributed by atoms with van der Waals surface area (Å²) in [5.74, 6) is 3.76. The number of rotatable bonds is 10. The Labute approximate surface area is 217 Å². The number of benzene rings is 2. The van der Waals surface area contributed by atoms with Crippen molar-refractivity contribution in [3.63, 3.8) is 0 Å². The first kappa shape index (κ1) is 25.4. The fourth-order valence-electron chi connectivity index (χ4n) is 8.30. The number of hydrogen-bond donors (Lipinski definition) is 1. The molecule has 0 radical (unpaired) electrons. The van der Waals surface area contributed by atoms with Gasteiger partial charge >= 0.3 is 5.97 Å². The molecule has 1 N–H and O–H groups in total. The van der Waals surface area contributed by atoms with E-state index in [2.05, 4.69) is 51.1 Å². The summed E-state index contributed by atoms with van der Waals surface area (Å²) in [5.41, 5.74) is 2.30. The molecule has 0 spiro atoms. The summed E-state index contributed by atoms with van der Waals surface area (Å²) in [7, 11) is 0. The third-order valence-corrected chi connectivity index (χ3v) is 10.1. The zero-order valence-electron chi connectivity index (χ0n) is 22.4. The van der Waals surface area contributed by atoms with Crippen LogP contribution >= 0.6 is 0 Å². The van der Waals surface area contributed by atoms with Crippen LogP contribution in [0.25, 0.3) is 0 Å². The third kappa shape index (κ3) is 4.95. The molecule has 4 saturated carbocycles. The highest BCUT2D eigenvalue weighted by Crippen LogP contribution is 2.60. The van der Waals surface area contributed by atoms with Crippen molar-refractivity contribution in [2.24, 2.45) is 29.6 Å². The van der Waals surface area contributed by atoms with E-state index < -0.39 is 0 Å². The Bertz CT molecular complexity index is 983. The van der Waals surface area contributed by atoms with Crippen molar-refractivity contribution in [3.8, 4) is 5.75 Å². The number of carbonyl (C=O) groups excluding carboxylic acids is 1. The summed E-state index contributed by atoms with van der Waals surface area (Å²) in [6.07, 6.45) is 10.0. The van der Waals surface area contributed by atoms with Gasteiger partial charge in [0.2, 0.25) is 0 Å². The number of hydrogen-bond acceptors (Lipinski definition) is 3. The highest BCUT2D eigenvalue weighted by atomic mass is 16.6. The first-order chi connectivity index (χ1) is 17.4. The normalized spacial score (nSPS) is 31.1. The van der Waals surface area contributed by atoms with Crippen LogP contribution in [0.4, 0.5) is 0 Å². The second kappa shape index (κ2) is 10.6. The van der Waals surface area contributed by atoms with Gasteiger partial charge in [-0.25, -0.2) is 0 Å². The van der Waals surface area contributed by atoms with Crippen molar-refractivity contribution in [2.75, 3.05) is 0 Å². The molecule has 0 heterocycles. The summed E-state index contributed by atoms with van der Waals surface area (Å²) < 4.78 is 6.69. The fraction of sp³-hybridized carbons (Fsp3) is 0.606. The molecule has 0 saturated heterocycles. The van der Waals surface area contributed by atoms with Crippen LogP contribution in [-0.2, 0) is 9.53 Å². The molecule has 4 fully saturated rings. The summed E-state index contributed by atoms with van der Waals surface area (Å²) in [5, 5.41) is 9.71. The number of aromatic hydroxyl groups is 1. The topological polar surface area (TPSA) is 46.5 Å². The van der Waals surface area contributed by atoms with E-state index in [4.69, 9.17) is 4.74 Å². The van der Waals surface area contributed by atoms with Gasteiger partial charge in [-0.3, -0.25) is 4.79 Å². The van der Waals surface area contributed by atoms with Gasteiger partial charge in [0, 0.05) is 0 Å². The summed E-state index contributed by atoms with van der Waals surface area (Å²) in [6, 6.07) is 18.3. The highest BCUT2D eigenvalue weighted by molar-refractivity contribution is 5.73. The molecule has 0 aliphatic heterocycles. The average Bonchev–Trinajstić information content (AvgIpc) is 2.89. The first-order valence-corrected chi connectivity index (χ1v) is 14.5. The van der Waals surface area contributed by atoms with Crippen LogP contribution in [0, 0.1) is 29.6 Å². The third-order valence-electron chi connectivity index (χ3n) is 10.1. The Balaban J connectivity index is 1.33. The van der Waals surface area contributed by atoms with E-state index in [1.165, 1.54) is 43.2 Å². The SMILES string of the molecule is CCC(CC(CC(C)c1ccc(O)cc1)c1ccccc1)C(=O)OC1(CC)C2CC3CC(C2)CC1C3. The molecular formula is C33H44O3. The second-order valence-corrected chi connectivity index (χ2v) is 12.2. The molecule has 3 heteroatoms. The van der Waals surface area contributed by atoms with E-state index in [-0.39, 0.29) is 23.4 Å². The maximum atomic E-state index is 13.8. The molecule has 194 valence electrons. The minimum Gasteiger partial charge on any atom is -0.508 e. The molecule has 3 atom stereocenters. The van der Waals surface area contributed by atoms with Gasteiger partial charge in [0.25, 0.3) is 0 Å². The van der Waals surface area contributed by atoms with Gasteiger partial charge in [0.05, 0.1) is 5.92 Å². The van der Waals surface area contributed by atoms with Crippen molar-refractivity contribution in [2.45, 2.75) is 96.0 Å². The van der Waals surface area contributed by atoms with E-state index >= 15 is 0 Å². The van der Waals surface area contributed by atoms with Crippen LogP contribution in [0.5, 0.6) is 5.75 Å². The molecule has 2 aromatic rings. The van der Waals surface area contributed by atoms with Crippen LogP contribution in [-0.4, -0.2) is 16.7 Å². The van der Waals surface area contributed by atoms with Gasteiger partial charge in [-0.1, -0.05) is 63.2 Å². The molecular weight excluding hydrogens is 444 g/mol. The van der Waals surface area contributed by atoms with Crippen LogP contribution in [0.2, 0.25) is 0 Å². The van der Waals surface area contributed by atoms with E-state index in [1.54, 1.807) is 12.1 Å². The maximum absolute atomic E-state index is 13.8. The highest BCUT2D eigenvalue weighted by Gasteiger charge is 2.58. The second-order valence-electron chi connectivity index (χ2n) is 12.2. The van der Waals surface area contributed by atoms with E-state index in [0.29, 0.717) is 23.5 Å². The monoisotopic (exact) mass is 488 g/mol. The van der Waals surface area contributed by atoms with E-state index in [1.807, 2.05) is 12.1 Å².